The Morgan fingerprint density at radius 1 is 1.12 bits per heavy atom. The molecular formula is C18H23N3O2S. The first-order valence-electron chi connectivity index (χ1n) is 8.11. The van der Waals surface area contributed by atoms with Crippen LogP contribution in [0.4, 0.5) is 5.82 Å². The standard InChI is InChI=1S/C18H23N3O2S/c1-14-6-9-16(10-7-14)24(22,23)21-12-4-5-17(21)15-8-11-18(19-13-15)20(2)3/h6-11,13,17H,4-5,12H2,1-3H3/t17-/m1/s1. The normalized spacial score (nSPS) is 18.7. The van der Waals surface area contributed by atoms with Crippen molar-refractivity contribution < 1.29 is 8.42 Å². The molecule has 0 spiro atoms. The van der Waals surface area contributed by atoms with E-state index in [1.54, 1.807) is 22.6 Å². The van der Waals surface area contributed by atoms with E-state index in [4.69, 9.17) is 0 Å². The van der Waals surface area contributed by atoms with Crippen LogP contribution in [0.5, 0.6) is 0 Å². The summed E-state index contributed by atoms with van der Waals surface area (Å²) in [5.41, 5.74) is 2.00. The maximum absolute atomic E-state index is 13.0. The lowest BCUT2D eigenvalue weighted by molar-refractivity contribution is 0.396. The Morgan fingerprint density at radius 2 is 1.83 bits per heavy atom. The summed E-state index contributed by atoms with van der Waals surface area (Å²) in [6, 6.07) is 10.8. The van der Waals surface area contributed by atoms with Gasteiger partial charge < -0.3 is 4.90 Å². The molecule has 128 valence electrons. The van der Waals surface area contributed by atoms with E-state index < -0.39 is 10.0 Å². The van der Waals surface area contributed by atoms with Crippen molar-refractivity contribution in [2.75, 3.05) is 25.5 Å². The highest BCUT2D eigenvalue weighted by Crippen LogP contribution is 2.36. The van der Waals surface area contributed by atoms with Crippen LogP contribution < -0.4 is 4.90 Å². The minimum absolute atomic E-state index is 0.139. The molecule has 0 bridgehead atoms. The van der Waals surface area contributed by atoms with Gasteiger partial charge in [-0.15, -0.1) is 0 Å². The summed E-state index contributed by atoms with van der Waals surface area (Å²) in [5, 5.41) is 0. The molecule has 1 saturated heterocycles. The van der Waals surface area contributed by atoms with Crippen LogP contribution in [0.15, 0.2) is 47.5 Å². The number of nitrogens with zero attached hydrogens (tertiary/aromatic N) is 3. The Kier molecular flexibility index (Phi) is 4.60. The lowest BCUT2D eigenvalue weighted by Crippen LogP contribution is -2.30. The zero-order valence-electron chi connectivity index (χ0n) is 14.3. The second-order valence-electron chi connectivity index (χ2n) is 6.43. The number of hydrogen-bond acceptors (Lipinski definition) is 4. The highest BCUT2D eigenvalue weighted by molar-refractivity contribution is 7.89. The average molecular weight is 345 g/mol. The molecule has 1 aromatic carbocycles. The average Bonchev–Trinajstić information content (AvgIpc) is 3.06. The Bertz CT molecular complexity index is 799. The molecule has 6 heteroatoms. The van der Waals surface area contributed by atoms with E-state index in [0.717, 1.165) is 29.8 Å². The summed E-state index contributed by atoms with van der Waals surface area (Å²) in [4.78, 5) is 6.72. The Hall–Kier alpha value is -1.92. The molecule has 1 aliphatic rings. The highest BCUT2D eigenvalue weighted by atomic mass is 32.2. The largest absolute Gasteiger partial charge is 0.363 e. The van der Waals surface area contributed by atoms with Gasteiger partial charge in [0.2, 0.25) is 10.0 Å². The number of hydrogen-bond donors (Lipinski definition) is 0. The second kappa shape index (κ2) is 6.53. The van der Waals surface area contributed by atoms with Gasteiger partial charge in [0.1, 0.15) is 5.82 Å². The lowest BCUT2D eigenvalue weighted by atomic mass is 10.1. The fraction of sp³-hybridized carbons (Fsp3) is 0.389. The number of rotatable bonds is 4. The molecule has 24 heavy (non-hydrogen) atoms. The lowest BCUT2D eigenvalue weighted by Gasteiger charge is -2.24. The van der Waals surface area contributed by atoms with Gasteiger partial charge in [-0.3, -0.25) is 0 Å². The molecule has 0 radical (unpaired) electrons. The fourth-order valence-electron chi connectivity index (χ4n) is 3.07. The van der Waals surface area contributed by atoms with Gasteiger partial charge in [-0.25, -0.2) is 13.4 Å². The fourth-order valence-corrected chi connectivity index (χ4v) is 4.75. The molecule has 1 aliphatic heterocycles. The summed E-state index contributed by atoms with van der Waals surface area (Å²) in [6.45, 7) is 2.50. The molecule has 0 aliphatic carbocycles. The van der Waals surface area contributed by atoms with E-state index in [2.05, 4.69) is 4.98 Å². The zero-order chi connectivity index (χ0) is 17.3. The number of pyridine rings is 1. The number of aryl methyl sites for hydroxylation is 1. The number of anilines is 1. The van der Waals surface area contributed by atoms with Crippen LogP contribution in [-0.4, -0.2) is 38.3 Å². The van der Waals surface area contributed by atoms with Crippen molar-refractivity contribution in [3.05, 3.63) is 53.7 Å². The molecule has 0 amide bonds. The summed E-state index contributed by atoms with van der Waals surface area (Å²) >= 11 is 0. The predicted molar refractivity (Wildman–Crippen MR) is 95.6 cm³/mol. The Balaban J connectivity index is 1.91. The molecule has 2 heterocycles. The van der Waals surface area contributed by atoms with Crippen LogP contribution in [0.3, 0.4) is 0 Å². The third-order valence-corrected chi connectivity index (χ3v) is 6.37. The van der Waals surface area contributed by atoms with Crippen LogP contribution in [0.2, 0.25) is 0 Å². The number of sulfonamides is 1. The minimum atomic E-state index is -3.48. The molecule has 0 saturated carbocycles. The monoisotopic (exact) mass is 345 g/mol. The maximum atomic E-state index is 13.0. The van der Waals surface area contributed by atoms with Crippen molar-refractivity contribution in [3.63, 3.8) is 0 Å². The molecule has 3 rings (SSSR count). The van der Waals surface area contributed by atoms with Gasteiger partial charge in [-0.2, -0.15) is 4.31 Å². The Labute approximate surface area is 144 Å². The molecule has 1 atom stereocenters. The van der Waals surface area contributed by atoms with E-state index in [-0.39, 0.29) is 6.04 Å². The van der Waals surface area contributed by atoms with Crippen LogP contribution >= 0.6 is 0 Å². The predicted octanol–water partition coefficient (Wildman–Crippen LogP) is 2.98. The number of benzene rings is 1. The minimum Gasteiger partial charge on any atom is -0.363 e. The van der Waals surface area contributed by atoms with E-state index in [1.807, 2.05) is 50.2 Å². The molecule has 0 unspecified atom stereocenters. The van der Waals surface area contributed by atoms with Gasteiger partial charge in [0, 0.05) is 26.8 Å². The van der Waals surface area contributed by atoms with Crippen LogP contribution in [0.25, 0.3) is 0 Å². The molecule has 2 aromatic rings. The van der Waals surface area contributed by atoms with Crippen LogP contribution in [0.1, 0.15) is 30.0 Å². The topological polar surface area (TPSA) is 53.5 Å². The van der Waals surface area contributed by atoms with Crippen molar-refractivity contribution in [2.45, 2.75) is 30.7 Å². The van der Waals surface area contributed by atoms with E-state index in [9.17, 15) is 8.42 Å². The summed E-state index contributed by atoms with van der Waals surface area (Å²) < 4.78 is 27.6. The van der Waals surface area contributed by atoms with Crippen molar-refractivity contribution in [2.24, 2.45) is 0 Å². The van der Waals surface area contributed by atoms with Crippen molar-refractivity contribution in [3.8, 4) is 0 Å². The van der Waals surface area contributed by atoms with Crippen molar-refractivity contribution in [1.29, 1.82) is 0 Å². The van der Waals surface area contributed by atoms with Gasteiger partial charge in [-0.05, 0) is 43.5 Å². The van der Waals surface area contributed by atoms with Gasteiger partial charge in [-0.1, -0.05) is 23.8 Å². The number of aromatic nitrogens is 1. The third kappa shape index (κ3) is 3.16. The molecule has 0 N–H and O–H groups in total. The molecule has 5 nitrogen and oxygen atoms in total. The van der Waals surface area contributed by atoms with E-state index in [0.29, 0.717) is 11.4 Å². The third-order valence-electron chi connectivity index (χ3n) is 4.44. The van der Waals surface area contributed by atoms with Gasteiger partial charge in [0.15, 0.2) is 0 Å². The van der Waals surface area contributed by atoms with Gasteiger partial charge in [0.05, 0.1) is 10.9 Å². The quantitative estimate of drug-likeness (QED) is 0.855. The maximum Gasteiger partial charge on any atom is 0.243 e. The second-order valence-corrected chi connectivity index (χ2v) is 8.32. The van der Waals surface area contributed by atoms with E-state index >= 15 is 0 Å². The van der Waals surface area contributed by atoms with Gasteiger partial charge >= 0.3 is 0 Å². The van der Waals surface area contributed by atoms with E-state index in [1.165, 1.54) is 0 Å². The Morgan fingerprint density at radius 3 is 2.42 bits per heavy atom. The summed E-state index contributed by atoms with van der Waals surface area (Å²) in [5.74, 6) is 0.865. The molecule has 1 fully saturated rings. The zero-order valence-corrected chi connectivity index (χ0v) is 15.1. The van der Waals surface area contributed by atoms with Crippen LogP contribution in [0, 0.1) is 6.92 Å². The highest BCUT2D eigenvalue weighted by Gasteiger charge is 2.36. The smallest absolute Gasteiger partial charge is 0.243 e. The first-order valence-corrected chi connectivity index (χ1v) is 9.55. The first-order chi connectivity index (χ1) is 11.4. The first kappa shape index (κ1) is 16.9. The summed E-state index contributed by atoms with van der Waals surface area (Å²) in [6.07, 6.45) is 3.49. The molecular weight excluding hydrogens is 322 g/mol. The summed E-state index contributed by atoms with van der Waals surface area (Å²) in [7, 11) is 0.388. The van der Waals surface area contributed by atoms with Crippen molar-refractivity contribution in [1.82, 2.24) is 9.29 Å². The van der Waals surface area contributed by atoms with Crippen molar-refractivity contribution >= 4 is 15.8 Å². The SMILES string of the molecule is Cc1ccc(S(=O)(=O)N2CCC[C@@H]2c2ccc(N(C)C)nc2)cc1. The van der Waals surface area contributed by atoms with Crippen LogP contribution in [-0.2, 0) is 10.0 Å². The molecule has 1 aromatic heterocycles. The van der Waals surface area contributed by atoms with Gasteiger partial charge in [0.25, 0.3) is 0 Å².